The molecule has 2 aliphatic carbocycles. The third kappa shape index (κ3) is 10.3. The first-order chi connectivity index (χ1) is 31.8. The van der Waals surface area contributed by atoms with Gasteiger partial charge in [0, 0.05) is 61.4 Å². The van der Waals surface area contributed by atoms with Gasteiger partial charge in [0.25, 0.3) is 0 Å². The van der Waals surface area contributed by atoms with Gasteiger partial charge in [0.15, 0.2) is 0 Å². The molecule has 2 atom stereocenters. The Balaban J connectivity index is 0.000000194. The Labute approximate surface area is 390 Å². The molecule has 2 heterocycles. The van der Waals surface area contributed by atoms with Crippen LogP contribution < -0.4 is 9.47 Å². The smallest absolute Gasteiger partial charge is 0.230 e. The molecular formula is C54H67ClN4O6. The number of rotatable bonds is 18. The summed E-state index contributed by atoms with van der Waals surface area (Å²) < 4.78 is 28.2. The third-order valence-corrected chi connectivity index (χ3v) is 13.6. The van der Waals surface area contributed by atoms with Crippen molar-refractivity contribution in [1.82, 2.24) is 18.9 Å². The van der Waals surface area contributed by atoms with Crippen molar-refractivity contribution in [3.05, 3.63) is 130 Å². The predicted molar refractivity (Wildman–Crippen MR) is 261 cm³/mol. The van der Waals surface area contributed by atoms with E-state index in [2.05, 4.69) is 53.3 Å². The van der Waals surface area contributed by atoms with E-state index in [0.717, 1.165) is 103 Å². The van der Waals surface area contributed by atoms with E-state index in [1.54, 1.807) is 14.2 Å². The second kappa shape index (κ2) is 22.7. The average molecular weight is 904 g/mol. The van der Waals surface area contributed by atoms with Crippen molar-refractivity contribution in [3.63, 3.8) is 0 Å². The first-order valence-electron chi connectivity index (χ1n) is 23.7. The maximum absolute atomic E-state index is 13.5. The normalized spacial score (nSPS) is 15.5. The summed E-state index contributed by atoms with van der Waals surface area (Å²) in [4.78, 5) is 30.8. The minimum atomic E-state index is -0.171. The van der Waals surface area contributed by atoms with Gasteiger partial charge in [-0.05, 0) is 113 Å². The van der Waals surface area contributed by atoms with Crippen LogP contribution in [-0.4, -0.2) is 84.4 Å². The lowest BCUT2D eigenvalue weighted by atomic mass is 9.84. The Kier molecular flexibility index (Phi) is 16.7. The van der Waals surface area contributed by atoms with Gasteiger partial charge in [0.2, 0.25) is 11.8 Å². The van der Waals surface area contributed by atoms with E-state index in [0.29, 0.717) is 51.1 Å². The molecule has 346 valence electrons. The minimum Gasteiger partial charge on any atom is -0.496 e. The number of hydrogen-bond acceptors (Lipinski definition) is 6. The van der Waals surface area contributed by atoms with Gasteiger partial charge in [-0.15, -0.1) is 0 Å². The first-order valence-corrected chi connectivity index (χ1v) is 24.0. The zero-order chi connectivity index (χ0) is 45.9. The van der Waals surface area contributed by atoms with Crippen LogP contribution in [0.15, 0.2) is 91.0 Å². The molecule has 0 radical (unpaired) electrons. The fourth-order valence-corrected chi connectivity index (χ4v) is 10.4. The van der Waals surface area contributed by atoms with Gasteiger partial charge in [0.1, 0.15) is 11.5 Å². The van der Waals surface area contributed by atoms with Gasteiger partial charge < -0.3 is 37.9 Å². The fourth-order valence-electron chi connectivity index (χ4n) is 10.2. The maximum Gasteiger partial charge on any atom is 0.230 e. The number of carbonyl (C=O) groups is 2. The number of nitrogens with zero attached hydrogens (tertiary/aromatic N) is 4. The van der Waals surface area contributed by atoms with Crippen molar-refractivity contribution in [2.24, 2.45) is 0 Å². The molecule has 2 amide bonds. The molecular weight excluding hydrogens is 836 g/mol. The van der Waals surface area contributed by atoms with Crippen LogP contribution in [0.25, 0.3) is 21.8 Å². The van der Waals surface area contributed by atoms with Crippen LogP contribution in [0.3, 0.4) is 0 Å². The number of ether oxygens (including phenoxy) is 4. The predicted octanol–water partition coefficient (Wildman–Crippen LogP) is 11.0. The monoisotopic (exact) mass is 902 g/mol. The van der Waals surface area contributed by atoms with Gasteiger partial charge in [-0.1, -0.05) is 78.3 Å². The zero-order valence-electron chi connectivity index (χ0n) is 39.2. The number of fused-ring (bicyclic) bond motifs is 6. The molecule has 0 fully saturated rings. The summed E-state index contributed by atoms with van der Waals surface area (Å²) in [5, 5.41) is 2.75. The molecule has 2 unspecified atom stereocenters. The number of methoxy groups -OCH3 is 2. The molecule has 4 aromatic carbocycles. The van der Waals surface area contributed by atoms with E-state index in [4.69, 9.17) is 30.5 Å². The number of likely N-dealkylation sites (N-methyl/N-ethyl adjacent to an activating group) is 2. The van der Waals surface area contributed by atoms with Crippen LogP contribution in [0.4, 0.5) is 0 Å². The van der Waals surface area contributed by atoms with Crippen molar-refractivity contribution in [1.29, 1.82) is 0 Å². The van der Waals surface area contributed by atoms with Crippen LogP contribution in [0, 0.1) is 0 Å². The summed E-state index contributed by atoms with van der Waals surface area (Å²) in [6.45, 7) is 14.9. The fraction of sp³-hybridized carbons (Fsp3) is 0.444. The largest absolute Gasteiger partial charge is 0.496 e. The molecule has 2 aromatic heterocycles. The molecule has 6 aromatic rings. The van der Waals surface area contributed by atoms with Crippen LogP contribution >= 0.6 is 11.6 Å². The first kappa shape index (κ1) is 47.7. The van der Waals surface area contributed by atoms with E-state index in [-0.39, 0.29) is 23.7 Å². The molecule has 0 spiro atoms. The molecule has 2 aliphatic rings. The number of aromatic nitrogens is 2. The van der Waals surface area contributed by atoms with E-state index >= 15 is 0 Å². The highest BCUT2D eigenvalue weighted by molar-refractivity contribution is 6.35. The third-order valence-electron chi connectivity index (χ3n) is 13.3. The molecule has 0 bridgehead atoms. The van der Waals surface area contributed by atoms with Crippen molar-refractivity contribution >= 4 is 45.2 Å². The van der Waals surface area contributed by atoms with Gasteiger partial charge in [0.05, 0.1) is 68.5 Å². The zero-order valence-corrected chi connectivity index (χ0v) is 40.0. The number of hydrogen-bond donors (Lipinski definition) is 0. The molecule has 11 heteroatoms. The van der Waals surface area contributed by atoms with E-state index in [1.165, 1.54) is 22.5 Å². The van der Waals surface area contributed by atoms with Crippen LogP contribution in [0.1, 0.15) is 98.9 Å². The SMILES string of the molecule is CCN(CC)C(=O)C1CCCc2c1c1c(OC)ccc(Cl)c1n2CCOCc1ccccc1.CCN(CC)C(=O)C1CCCc2c1c1c(OC)cccc1n2CCOCc1ccccc1. The van der Waals surface area contributed by atoms with Crippen LogP contribution in [-0.2, 0) is 58.2 Å². The number of amides is 2. The van der Waals surface area contributed by atoms with Crippen molar-refractivity contribution in [2.45, 2.75) is 104 Å². The minimum absolute atomic E-state index is 0.107. The Morgan fingerprint density at radius 2 is 1.08 bits per heavy atom. The molecule has 0 saturated carbocycles. The van der Waals surface area contributed by atoms with E-state index < -0.39 is 0 Å². The van der Waals surface area contributed by atoms with Crippen molar-refractivity contribution in [3.8, 4) is 11.5 Å². The van der Waals surface area contributed by atoms with E-state index in [1.807, 2.05) is 84.3 Å². The molecule has 0 N–H and O–H groups in total. The maximum atomic E-state index is 13.5. The quantitative estimate of drug-likeness (QED) is 0.0799. The second-order valence-corrected chi connectivity index (χ2v) is 17.2. The van der Waals surface area contributed by atoms with Gasteiger partial charge in [-0.3, -0.25) is 9.59 Å². The molecule has 0 saturated heterocycles. The Bertz CT molecular complexity index is 2510. The standard InChI is InChI=1S/C27H33ClN2O3.C27H34N2O3/c1-4-29(5-2)27(31)20-12-9-13-22-24(20)25-23(32-3)15-14-21(28)26(25)30(22)16-17-33-18-19-10-7-6-8-11-19;1-4-28(5-2)27(30)21-13-9-14-22-25(21)26-23(15-10-16-24(26)31-3)29(22)17-18-32-19-20-11-7-6-8-12-20/h6-8,10-11,14-15,20H,4-5,9,12-13,16-18H2,1-3H3;6-8,10-12,15-16,21H,4-5,9,13-14,17-19H2,1-3H3. The van der Waals surface area contributed by atoms with Crippen molar-refractivity contribution < 1.29 is 28.5 Å². The van der Waals surface area contributed by atoms with Crippen LogP contribution in [0.5, 0.6) is 11.5 Å². The Morgan fingerprint density at radius 3 is 1.58 bits per heavy atom. The number of benzene rings is 4. The van der Waals surface area contributed by atoms with Crippen LogP contribution in [0.2, 0.25) is 5.02 Å². The highest BCUT2D eigenvalue weighted by Crippen LogP contribution is 2.46. The van der Waals surface area contributed by atoms with Crippen molar-refractivity contribution in [2.75, 3.05) is 53.6 Å². The Hall–Kier alpha value is -5.29. The highest BCUT2D eigenvalue weighted by atomic mass is 35.5. The lowest BCUT2D eigenvalue weighted by Gasteiger charge is -2.29. The lowest BCUT2D eigenvalue weighted by molar-refractivity contribution is -0.133. The summed E-state index contributed by atoms with van der Waals surface area (Å²) in [6.07, 6.45) is 5.64. The number of carbonyl (C=O) groups excluding carboxylic acids is 2. The summed E-state index contributed by atoms with van der Waals surface area (Å²) in [5.74, 6) is 1.78. The summed E-state index contributed by atoms with van der Waals surface area (Å²) in [6, 6.07) is 30.4. The Morgan fingerprint density at radius 1 is 0.600 bits per heavy atom. The van der Waals surface area contributed by atoms with Gasteiger partial charge >= 0.3 is 0 Å². The molecule has 65 heavy (non-hydrogen) atoms. The van der Waals surface area contributed by atoms with E-state index in [9.17, 15) is 9.59 Å². The summed E-state index contributed by atoms with van der Waals surface area (Å²) in [5.41, 5.74) is 9.14. The number of halogens is 1. The summed E-state index contributed by atoms with van der Waals surface area (Å²) in [7, 11) is 3.39. The average Bonchev–Trinajstić information content (AvgIpc) is 3.87. The van der Waals surface area contributed by atoms with Gasteiger partial charge in [-0.2, -0.15) is 0 Å². The molecule has 0 aliphatic heterocycles. The topological polar surface area (TPSA) is 87.4 Å². The molecule has 8 rings (SSSR count). The molecule has 10 nitrogen and oxygen atoms in total. The van der Waals surface area contributed by atoms with Gasteiger partial charge in [-0.25, -0.2) is 0 Å². The second-order valence-electron chi connectivity index (χ2n) is 16.8. The summed E-state index contributed by atoms with van der Waals surface area (Å²) >= 11 is 6.75. The lowest BCUT2D eigenvalue weighted by Crippen LogP contribution is -2.36. The highest BCUT2D eigenvalue weighted by Gasteiger charge is 2.37.